The van der Waals surface area contributed by atoms with E-state index in [4.69, 9.17) is 0 Å². The molecule has 1 fully saturated rings. The van der Waals surface area contributed by atoms with Crippen molar-refractivity contribution < 1.29 is 35.2 Å². The van der Waals surface area contributed by atoms with Crippen LogP contribution in [0.2, 0.25) is 0 Å². The topological polar surface area (TPSA) is 93.1 Å². The molecule has 38 heavy (non-hydrogen) atoms. The second-order valence-electron chi connectivity index (χ2n) is 9.00. The number of hydrogen-bond donors (Lipinski definition) is 0. The lowest BCUT2D eigenvalue weighted by Gasteiger charge is -2.38. The number of ketones is 1. The summed E-state index contributed by atoms with van der Waals surface area (Å²) in [5.74, 6) is -3.04. The second kappa shape index (κ2) is 10.8. The number of nitrogens with zero attached hydrogens (tertiary/aromatic N) is 4. The molecule has 0 unspecified atom stereocenters. The number of pyridine rings is 1. The lowest BCUT2D eigenvalue weighted by atomic mass is 9.93. The normalized spacial score (nSPS) is 18.9. The molecule has 2 aromatic heterocycles. The molecule has 0 N–H and O–H groups in total. The molecule has 0 saturated carbocycles. The third-order valence-corrected chi connectivity index (χ3v) is 8.42. The van der Waals surface area contributed by atoms with Gasteiger partial charge in [0.25, 0.3) is 0 Å². The van der Waals surface area contributed by atoms with Crippen molar-refractivity contribution in [1.29, 1.82) is 0 Å². The number of aryl methyl sites for hydroxylation is 1. The van der Waals surface area contributed by atoms with Crippen LogP contribution in [0.15, 0.2) is 53.8 Å². The summed E-state index contributed by atoms with van der Waals surface area (Å²) in [5.41, 5.74) is 0.331. The van der Waals surface area contributed by atoms with Gasteiger partial charge in [0.1, 0.15) is 11.6 Å². The maximum absolute atomic E-state index is 14.5. The molecule has 1 aromatic carbocycles. The van der Waals surface area contributed by atoms with Crippen LogP contribution in [0, 0.1) is 11.6 Å². The molecule has 4 rings (SSSR count). The van der Waals surface area contributed by atoms with Gasteiger partial charge in [-0.15, -0.1) is 0 Å². The first-order valence-corrected chi connectivity index (χ1v) is 13.2. The summed E-state index contributed by atoms with van der Waals surface area (Å²) in [6, 6.07) is 4.20. The van der Waals surface area contributed by atoms with Gasteiger partial charge in [-0.25, -0.2) is 27.2 Å². The largest absolute Gasteiger partial charge is 0.451 e. The quantitative estimate of drug-likeness (QED) is 0.383. The molecule has 1 aliphatic rings. The minimum atomic E-state index is -4.71. The van der Waals surface area contributed by atoms with Crippen LogP contribution in [0.1, 0.15) is 44.0 Å². The van der Waals surface area contributed by atoms with Crippen LogP contribution < -0.4 is 0 Å². The van der Waals surface area contributed by atoms with E-state index in [0.717, 1.165) is 47.2 Å². The number of alkyl halides is 3. The van der Waals surface area contributed by atoms with Gasteiger partial charge in [-0.05, 0) is 68.5 Å². The van der Waals surface area contributed by atoms with E-state index in [2.05, 4.69) is 15.0 Å². The van der Waals surface area contributed by atoms with Crippen molar-refractivity contribution in [3.05, 3.63) is 71.9 Å². The highest BCUT2D eigenvalue weighted by Gasteiger charge is 2.41. The van der Waals surface area contributed by atoms with E-state index in [1.54, 1.807) is 6.92 Å². The molecule has 0 spiro atoms. The molecule has 1 aliphatic heterocycles. The minimum Gasteiger partial charge on any atom is -0.298 e. The van der Waals surface area contributed by atoms with Crippen molar-refractivity contribution in [3.8, 4) is 11.3 Å². The molecular weight excluding hydrogens is 531 g/mol. The first-order valence-electron chi connectivity index (χ1n) is 11.7. The molecule has 0 radical (unpaired) electrons. The molecule has 1 saturated heterocycles. The number of Topliss-reactive ketones (excluding diaryl/α,β-unsaturated/α-hetero) is 1. The van der Waals surface area contributed by atoms with Crippen LogP contribution in [0.5, 0.6) is 0 Å². The number of halogens is 5. The summed E-state index contributed by atoms with van der Waals surface area (Å²) >= 11 is 0. The average Bonchev–Trinajstić information content (AvgIpc) is 2.87. The van der Waals surface area contributed by atoms with Crippen LogP contribution in [-0.4, -0.2) is 45.5 Å². The van der Waals surface area contributed by atoms with Gasteiger partial charge in [0.2, 0.25) is 15.8 Å². The SMILES string of the molecule is C[C@H]1CCC[C@@H](C(=O)CCc2cc(-c3cnc(C(F)(F)F)nc3)ncc2F)N1S(=O)(=O)c1ccc(F)cc1. The first-order chi connectivity index (χ1) is 17.9. The first kappa shape index (κ1) is 27.7. The highest BCUT2D eigenvalue weighted by Crippen LogP contribution is 2.32. The highest BCUT2D eigenvalue weighted by molar-refractivity contribution is 7.89. The number of piperidine rings is 1. The maximum atomic E-state index is 14.5. The van der Waals surface area contributed by atoms with Gasteiger partial charge in [0.05, 0.1) is 22.8 Å². The van der Waals surface area contributed by atoms with Crippen LogP contribution in [0.3, 0.4) is 0 Å². The number of rotatable bonds is 7. The molecule has 3 aromatic rings. The van der Waals surface area contributed by atoms with Crippen LogP contribution >= 0.6 is 0 Å². The summed E-state index contributed by atoms with van der Waals surface area (Å²) in [5, 5.41) is 0. The van der Waals surface area contributed by atoms with Crippen molar-refractivity contribution in [1.82, 2.24) is 19.3 Å². The van der Waals surface area contributed by atoms with Gasteiger partial charge < -0.3 is 0 Å². The predicted molar refractivity (Wildman–Crippen MR) is 126 cm³/mol. The molecule has 13 heteroatoms. The van der Waals surface area contributed by atoms with E-state index in [1.807, 2.05) is 0 Å². The summed E-state index contributed by atoms with van der Waals surface area (Å²) in [6.45, 7) is 1.70. The van der Waals surface area contributed by atoms with Crippen LogP contribution in [0.25, 0.3) is 11.3 Å². The predicted octanol–water partition coefficient (Wildman–Crippen LogP) is 4.97. The Morgan fingerprint density at radius 2 is 1.68 bits per heavy atom. The van der Waals surface area contributed by atoms with E-state index in [-0.39, 0.29) is 41.0 Å². The van der Waals surface area contributed by atoms with Gasteiger partial charge >= 0.3 is 6.18 Å². The summed E-state index contributed by atoms with van der Waals surface area (Å²) in [4.78, 5) is 23.5. The van der Waals surface area contributed by atoms with E-state index in [1.165, 1.54) is 6.07 Å². The Bertz CT molecular complexity index is 1410. The Morgan fingerprint density at radius 3 is 2.32 bits per heavy atom. The third kappa shape index (κ3) is 5.88. The van der Waals surface area contributed by atoms with Gasteiger partial charge in [0.15, 0.2) is 5.78 Å². The number of carbonyl (C=O) groups excluding carboxylic acids is 1. The summed E-state index contributed by atoms with van der Waals surface area (Å²) < 4.78 is 93.9. The van der Waals surface area contributed by atoms with Crippen molar-refractivity contribution in [2.45, 2.75) is 62.2 Å². The standard InChI is InChI=1S/C25H23F5N4O3S/c1-15-3-2-4-22(34(15)38(36,37)19-8-6-18(26)7-9-19)23(35)10-5-16-11-21(31-14-20(16)27)17-12-32-24(33-13-17)25(28,29)30/h6-9,11-15,22H,2-5,10H2,1H3/t15-,22-/m0/s1. The van der Waals surface area contributed by atoms with E-state index in [9.17, 15) is 35.2 Å². The van der Waals surface area contributed by atoms with E-state index in [0.29, 0.717) is 12.8 Å². The average molecular weight is 555 g/mol. The van der Waals surface area contributed by atoms with E-state index < -0.39 is 51.5 Å². The molecule has 7 nitrogen and oxygen atoms in total. The fraction of sp³-hybridized carbons (Fsp3) is 0.360. The van der Waals surface area contributed by atoms with E-state index >= 15 is 0 Å². The van der Waals surface area contributed by atoms with Gasteiger partial charge in [-0.2, -0.15) is 17.5 Å². The van der Waals surface area contributed by atoms with Gasteiger partial charge in [-0.3, -0.25) is 9.78 Å². The van der Waals surface area contributed by atoms with Crippen molar-refractivity contribution in [2.24, 2.45) is 0 Å². The molecule has 2 atom stereocenters. The number of benzene rings is 1. The number of sulfonamides is 1. The third-order valence-electron chi connectivity index (χ3n) is 6.38. The second-order valence-corrected chi connectivity index (χ2v) is 10.8. The van der Waals surface area contributed by atoms with Crippen LogP contribution in [0.4, 0.5) is 22.0 Å². The Morgan fingerprint density at radius 1 is 1.03 bits per heavy atom. The number of aromatic nitrogens is 3. The molecule has 202 valence electrons. The number of hydrogen-bond acceptors (Lipinski definition) is 6. The maximum Gasteiger partial charge on any atom is 0.451 e. The lowest BCUT2D eigenvalue weighted by Crippen LogP contribution is -2.52. The lowest BCUT2D eigenvalue weighted by molar-refractivity contribution is -0.145. The molecular formula is C25H23F5N4O3S. The minimum absolute atomic E-state index is 0.0834. The van der Waals surface area contributed by atoms with Crippen LogP contribution in [-0.2, 0) is 27.4 Å². The van der Waals surface area contributed by atoms with Gasteiger partial charge in [0, 0.05) is 30.4 Å². The fourth-order valence-electron chi connectivity index (χ4n) is 4.46. The van der Waals surface area contributed by atoms with Crippen molar-refractivity contribution in [3.63, 3.8) is 0 Å². The Labute approximate surface area is 215 Å². The zero-order valence-corrected chi connectivity index (χ0v) is 20.9. The Kier molecular flexibility index (Phi) is 7.88. The highest BCUT2D eigenvalue weighted by atomic mass is 32.2. The summed E-state index contributed by atoms with van der Waals surface area (Å²) in [6.07, 6.45) is -0.796. The van der Waals surface area contributed by atoms with Crippen molar-refractivity contribution in [2.75, 3.05) is 0 Å². The Hall–Kier alpha value is -3.32. The zero-order chi connectivity index (χ0) is 27.7. The zero-order valence-electron chi connectivity index (χ0n) is 20.1. The smallest absolute Gasteiger partial charge is 0.298 e. The van der Waals surface area contributed by atoms with Gasteiger partial charge in [-0.1, -0.05) is 0 Å². The molecule has 0 aliphatic carbocycles. The molecule has 0 bridgehead atoms. The Balaban J connectivity index is 1.53. The molecule has 0 amide bonds. The summed E-state index contributed by atoms with van der Waals surface area (Å²) in [7, 11) is -4.10. The fourth-order valence-corrected chi connectivity index (χ4v) is 6.33. The monoisotopic (exact) mass is 554 g/mol. The van der Waals surface area contributed by atoms with Crippen molar-refractivity contribution >= 4 is 15.8 Å². The molecule has 3 heterocycles. The number of carbonyl (C=O) groups is 1.